The van der Waals surface area contributed by atoms with Gasteiger partial charge in [-0.2, -0.15) is 0 Å². The normalized spacial score (nSPS) is 15.0. The molecule has 1 amide bonds. The van der Waals surface area contributed by atoms with E-state index in [2.05, 4.69) is 10.6 Å². The quantitative estimate of drug-likeness (QED) is 0.615. The average Bonchev–Trinajstić information content (AvgIpc) is 2.91. The summed E-state index contributed by atoms with van der Waals surface area (Å²) in [4.78, 5) is 22.5. The van der Waals surface area contributed by atoms with Gasteiger partial charge < -0.3 is 20.0 Å². The van der Waals surface area contributed by atoms with E-state index in [1.54, 1.807) is 24.3 Å². The molecule has 0 unspecified atom stereocenters. The number of carboxylic acid groups (broad SMARTS) is 1. The summed E-state index contributed by atoms with van der Waals surface area (Å²) < 4.78 is 5.80. The molecule has 1 aliphatic heterocycles. The van der Waals surface area contributed by atoms with Crippen molar-refractivity contribution in [1.29, 1.82) is 0 Å². The molecule has 7 heteroatoms. The average molecular weight is 353 g/mol. The fourth-order valence-corrected chi connectivity index (χ4v) is 2.47. The van der Waals surface area contributed by atoms with E-state index in [9.17, 15) is 14.7 Å². The fraction of sp³-hybridized carbons (Fsp3) is 0.0556. The molecule has 0 atom stereocenters. The number of carboxylic acids is 1. The van der Waals surface area contributed by atoms with Crippen LogP contribution in [0.2, 0.25) is 0 Å². The molecule has 0 spiro atoms. The molecule has 0 radical (unpaired) electrons. The Labute approximate surface area is 149 Å². The molecule has 3 rings (SSSR count). The molecule has 126 valence electrons. The second-order valence-corrected chi connectivity index (χ2v) is 5.69. The lowest BCUT2D eigenvalue weighted by atomic mass is 10.1. The summed E-state index contributed by atoms with van der Waals surface area (Å²) in [5, 5.41) is 16.3. The number of ether oxygens (including phenoxy) is 1. The monoisotopic (exact) mass is 353 g/mol. The van der Waals surface area contributed by atoms with Gasteiger partial charge in [-0.05, 0) is 35.5 Å². The zero-order valence-electron chi connectivity index (χ0n) is 12.9. The van der Waals surface area contributed by atoms with Crippen molar-refractivity contribution in [2.75, 3.05) is 0 Å². The van der Waals surface area contributed by atoms with Crippen LogP contribution in [0.25, 0.3) is 6.08 Å². The van der Waals surface area contributed by atoms with Gasteiger partial charge in [0.15, 0.2) is 5.11 Å². The van der Waals surface area contributed by atoms with Gasteiger partial charge in [0, 0.05) is 5.56 Å². The largest absolute Gasteiger partial charge is 0.545 e. The third-order valence-corrected chi connectivity index (χ3v) is 3.73. The van der Waals surface area contributed by atoms with Crippen molar-refractivity contribution < 1.29 is 19.4 Å². The van der Waals surface area contributed by atoms with Gasteiger partial charge in [0.25, 0.3) is 5.91 Å². The molecule has 1 fully saturated rings. The predicted molar refractivity (Wildman–Crippen MR) is 93.4 cm³/mol. The Kier molecular flexibility index (Phi) is 4.76. The van der Waals surface area contributed by atoms with Crippen molar-refractivity contribution in [2.45, 2.75) is 6.61 Å². The first kappa shape index (κ1) is 16.7. The summed E-state index contributed by atoms with van der Waals surface area (Å²) in [7, 11) is 0. The number of thiocarbonyl (C=S) groups is 1. The number of nitrogens with one attached hydrogen (secondary N) is 2. The molecular weight excluding hydrogens is 340 g/mol. The Morgan fingerprint density at radius 3 is 2.48 bits per heavy atom. The van der Waals surface area contributed by atoms with Gasteiger partial charge in [-0.25, -0.2) is 0 Å². The number of hydrogen-bond donors (Lipinski definition) is 2. The summed E-state index contributed by atoms with van der Waals surface area (Å²) >= 11 is 4.90. The number of carbonyl (C=O) groups is 2. The molecule has 0 aliphatic carbocycles. The Bertz CT molecular complexity index is 875. The molecule has 2 aromatic rings. The molecule has 2 N–H and O–H groups in total. The van der Waals surface area contributed by atoms with Crippen LogP contribution in [0.5, 0.6) is 5.75 Å². The standard InChI is InChI=1S/C18H14N2O4S/c21-16-14(19-18(25)20-16)9-13-3-1-2-4-15(13)24-10-11-5-7-12(8-6-11)17(22)23/h1-9H,10H2,(H,22,23)(H2,19,20,21,25)/p-1/b14-9+. The minimum Gasteiger partial charge on any atom is -0.545 e. The Balaban J connectivity index is 1.75. The summed E-state index contributed by atoms with van der Waals surface area (Å²) in [6, 6.07) is 13.5. The van der Waals surface area contributed by atoms with Gasteiger partial charge in [-0.15, -0.1) is 0 Å². The van der Waals surface area contributed by atoms with Crippen LogP contribution in [0.1, 0.15) is 21.5 Å². The van der Waals surface area contributed by atoms with Crippen LogP contribution < -0.4 is 20.5 Å². The second-order valence-electron chi connectivity index (χ2n) is 5.28. The van der Waals surface area contributed by atoms with Crippen molar-refractivity contribution in [1.82, 2.24) is 10.6 Å². The van der Waals surface area contributed by atoms with E-state index in [0.29, 0.717) is 11.4 Å². The lowest BCUT2D eigenvalue weighted by molar-refractivity contribution is -0.255. The Morgan fingerprint density at radius 2 is 1.84 bits per heavy atom. The van der Waals surface area contributed by atoms with Crippen molar-refractivity contribution >= 4 is 35.3 Å². The molecule has 6 nitrogen and oxygen atoms in total. The highest BCUT2D eigenvalue weighted by atomic mass is 32.1. The first-order valence-corrected chi connectivity index (χ1v) is 7.80. The number of para-hydroxylation sites is 1. The molecule has 0 bridgehead atoms. The highest BCUT2D eigenvalue weighted by molar-refractivity contribution is 7.80. The van der Waals surface area contributed by atoms with Crippen LogP contribution in [-0.2, 0) is 11.4 Å². The van der Waals surface area contributed by atoms with Crippen LogP contribution in [0.15, 0.2) is 54.2 Å². The van der Waals surface area contributed by atoms with E-state index in [4.69, 9.17) is 17.0 Å². The van der Waals surface area contributed by atoms with Gasteiger partial charge in [-0.1, -0.05) is 42.5 Å². The Hall–Kier alpha value is -3.19. The van der Waals surface area contributed by atoms with Gasteiger partial charge >= 0.3 is 0 Å². The lowest BCUT2D eigenvalue weighted by Crippen LogP contribution is -2.22. The molecule has 1 aliphatic rings. The lowest BCUT2D eigenvalue weighted by Gasteiger charge is -2.10. The molecule has 2 aromatic carbocycles. The summed E-state index contributed by atoms with van der Waals surface area (Å²) in [6.07, 6.45) is 1.66. The van der Waals surface area contributed by atoms with Crippen LogP contribution in [0.4, 0.5) is 0 Å². The third kappa shape index (κ3) is 4.02. The number of rotatable bonds is 5. The second kappa shape index (κ2) is 7.14. The maximum Gasteiger partial charge on any atom is 0.273 e. The number of hydrogen-bond acceptors (Lipinski definition) is 5. The zero-order chi connectivity index (χ0) is 17.8. The SMILES string of the molecule is O=C1NC(=S)N/C1=C/c1ccccc1OCc1ccc(C(=O)[O-])cc1. The minimum absolute atomic E-state index is 0.114. The number of aromatic carboxylic acids is 1. The van der Waals surface area contributed by atoms with Crippen molar-refractivity contribution in [2.24, 2.45) is 0 Å². The fourth-order valence-electron chi connectivity index (χ4n) is 2.27. The van der Waals surface area contributed by atoms with Gasteiger partial charge in [-0.3, -0.25) is 10.1 Å². The Morgan fingerprint density at radius 1 is 1.12 bits per heavy atom. The molecule has 1 heterocycles. The first-order chi connectivity index (χ1) is 12.0. The minimum atomic E-state index is -1.22. The van der Waals surface area contributed by atoms with Gasteiger partial charge in [0.2, 0.25) is 0 Å². The summed E-state index contributed by atoms with van der Waals surface area (Å²) in [5.74, 6) is -0.922. The number of amides is 1. The number of benzene rings is 2. The van der Waals surface area contributed by atoms with E-state index >= 15 is 0 Å². The van der Waals surface area contributed by atoms with Gasteiger partial charge in [0.1, 0.15) is 18.1 Å². The summed E-state index contributed by atoms with van der Waals surface area (Å²) in [5.41, 5.74) is 1.99. The van der Waals surface area contributed by atoms with Crippen LogP contribution in [0.3, 0.4) is 0 Å². The zero-order valence-corrected chi connectivity index (χ0v) is 13.8. The van der Waals surface area contributed by atoms with Crippen molar-refractivity contribution in [3.63, 3.8) is 0 Å². The molecule has 0 saturated carbocycles. The van der Waals surface area contributed by atoms with Crippen molar-refractivity contribution in [3.05, 3.63) is 70.9 Å². The third-order valence-electron chi connectivity index (χ3n) is 3.52. The van der Waals surface area contributed by atoms with Crippen LogP contribution in [0, 0.1) is 0 Å². The van der Waals surface area contributed by atoms with Crippen LogP contribution >= 0.6 is 12.2 Å². The predicted octanol–water partition coefficient (Wildman–Crippen LogP) is 0.974. The highest BCUT2D eigenvalue weighted by Gasteiger charge is 2.20. The van der Waals surface area contributed by atoms with E-state index in [1.807, 2.05) is 18.2 Å². The van der Waals surface area contributed by atoms with Gasteiger partial charge in [0.05, 0.1) is 5.97 Å². The summed E-state index contributed by atoms with van der Waals surface area (Å²) in [6.45, 7) is 0.256. The molecule has 1 saturated heterocycles. The molecule has 25 heavy (non-hydrogen) atoms. The maximum absolute atomic E-state index is 11.7. The topological polar surface area (TPSA) is 90.5 Å². The molecular formula is C18H13N2O4S-. The van der Waals surface area contributed by atoms with E-state index in [0.717, 1.165) is 11.1 Å². The van der Waals surface area contributed by atoms with E-state index < -0.39 is 5.97 Å². The highest BCUT2D eigenvalue weighted by Crippen LogP contribution is 2.22. The van der Waals surface area contributed by atoms with E-state index in [1.165, 1.54) is 12.1 Å². The smallest absolute Gasteiger partial charge is 0.273 e. The molecule has 0 aromatic heterocycles. The number of carbonyl (C=O) groups excluding carboxylic acids is 2. The van der Waals surface area contributed by atoms with E-state index in [-0.39, 0.29) is 23.2 Å². The maximum atomic E-state index is 11.7. The van der Waals surface area contributed by atoms with Crippen molar-refractivity contribution in [3.8, 4) is 5.75 Å². The van der Waals surface area contributed by atoms with Crippen LogP contribution in [-0.4, -0.2) is 17.0 Å². The first-order valence-electron chi connectivity index (χ1n) is 7.39.